The molecule has 2 rings (SSSR count). The highest BCUT2D eigenvalue weighted by Crippen LogP contribution is 2.25. The number of halogens is 1. The van der Waals surface area contributed by atoms with Crippen molar-refractivity contribution in [2.45, 2.75) is 6.54 Å². The molecule has 16 heavy (non-hydrogen) atoms. The van der Waals surface area contributed by atoms with Crippen LogP contribution < -0.4 is 10.2 Å². The largest absolute Gasteiger partial charge is 0.373 e. The summed E-state index contributed by atoms with van der Waals surface area (Å²) in [7, 11) is 2.00. The molecule has 1 aliphatic rings. The highest BCUT2D eigenvalue weighted by atomic mass is 35.5. The fourth-order valence-electron chi connectivity index (χ4n) is 1.79. The zero-order chi connectivity index (χ0) is 10.8. The number of nitrogens with zero attached hydrogens (tertiary/aromatic N) is 2. The van der Waals surface area contributed by atoms with Crippen LogP contribution in [0.5, 0.6) is 0 Å². The smallest absolute Gasteiger partial charge is 0.269 e. The van der Waals surface area contributed by atoms with Crippen molar-refractivity contribution in [2.24, 2.45) is 0 Å². The van der Waals surface area contributed by atoms with Crippen molar-refractivity contribution in [2.75, 3.05) is 25.0 Å². The molecule has 0 radical (unpaired) electrons. The van der Waals surface area contributed by atoms with Gasteiger partial charge in [-0.2, -0.15) is 0 Å². The van der Waals surface area contributed by atoms with Gasteiger partial charge in [0.05, 0.1) is 4.92 Å². The van der Waals surface area contributed by atoms with Crippen LogP contribution in [0.15, 0.2) is 18.2 Å². The van der Waals surface area contributed by atoms with Crippen molar-refractivity contribution in [1.29, 1.82) is 0 Å². The normalized spacial score (nSPS) is 14.7. The SMILES string of the molecule is CN1CCNCc2cc([N+](=O)[O-])ccc21.Cl. The molecule has 0 unspecified atom stereocenters. The van der Waals surface area contributed by atoms with E-state index in [1.54, 1.807) is 12.1 Å². The maximum absolute atomic E-state index is 10.6. The number of anilines is 1. The van der Waals surface area contributed by atoms with Gasteiger partial charge in [-0.15, -0.1) is 12.4 Å². The molecule has 0 bridgehead atoms. The van der Waals surface area contributed by atoms with Crippen LogP contribution in [0.1, 0.15) is 5.56 Å². The average Bonchev–Trinajstić information content (AvgIpc) is 2.40. The third-order valence-corrected chi connectivity index (χ3v) is 2.62. The molecule has 0 saturated carbocycles. The Morgan fingerprint density at radius 3 is 2.94 bits per heavy atom. The van der Waals surface area contributed by atoms with Gasteiger partial charge in [-0.3, -0.25) is 10.1 Å². The number of nitrogens with one attached hydrogen (secondary N) is 1. The second-order valence-electron chi connectivity index (χ2n) is 3.67. The van der Waals surface area contributed by atoms with E-state index < -0.39 is 0 Å². The fourth-order valence-corrected chi connectivity index (χ4v) is 1.79. The van der Waals surface area contributed by atoms with E-state index in [1.165, 1.54) is 0 Å². The Bertz CT molecular complexity index is 398. The second kappa shape index (κ2) is 5.14. The predicted molar refractivity (Wildman–Crippen MR) is 65.3 cm³/mol. The molecule has 1 N–H and O–H groups in total. The third kappa shape index (κ3) is 2.43. The first-order chi connectivity index (χ1) is 7.18. The summed E-state index contributed by atoms with van der Waals surface area (Å²) in [6, 6.07) is 5.02. The number of nitro benzene ring substituents is 1. The topological polar surface area (TPSA) is 58.4 Å². The fraction of sp³-hybridized carbons (Fsp3) is 0.400. The van der Waals surface area contributed by atoms with E-state index in [1.807, 2.05) is 13.1 Å². The average molecular weight is 244 g/mol. The van der Waals surface area contributed by atoms with Crippen LogP contribution in [0.2, 0.25) is 0 Å². The summed E-state index contributed by atoms with van der Waals surface area (Å²) in [4.78, 5) is 12.4. The standard InChI is InChI=1S/C10H13N3O2.ClH/c1-12-5-4-11-7-8-6-9(13(14)15)2-3-10(8)12;/h2-3,6,11H,4-5,7H2,1H3;1H. The molecule has 0 saturated heterocycles. The number of nitro groups is 1. The molecular weight excluding hydrogens is 230 g/mol. The Morgan fingerprint density at radius 2 is 2.25 bits per heavy atom. The minimum atomic E-state index is -0.356. The molecule has 6 heteroatoms. The monoisotopic (exact) mass is 243 g/mol. The van der Waals surface area contributed by atoms with E-state index in [0.717, 1.165) is 24.3 Å². The van der Waals surface area contributed by atoms with Crippen LogP contribution in [0.4, 0.5) is 11.4 Å². The Balaban J connectivity index is 0.00000128. The van der Waals surface area contributed by atoms with Gasteiger partial charge >= 0.3 is 0 Å². The number of non-ortho nitro benzene ring substituents is 1. The molecule has 0 aliphatic carbocycles. The van der Waals surface area contributed by atoms with Gasteiger partial charge in [0, 0.05) is 44.5 Å². The number of hydrogen-bond acceptors (Lipinski definition) is 4. The van der Waals surface area contributed by atoms with Gasteiger partial charge in [0.15, 0.2) is 0 Å². The van der Waals surface area contributed by atoms with Crippen LogP contribution in [0.25, 0.3) is 0 Å². The zero-order valence-corrected chi connectivity index (χ0v) is 9.79. The quantitative estimate of drug-likeness (QED) is 0.601. The Labute approximate surface area is 100 Å². The molecular formula is C10H14ClN3O2. The molecule has 1 aliphatic heterocycles. The molecule has 0 atom stereocenters. The summed E-state index contributed by atoms with van der Waals surface area (Å²) in [5.74, 6) is 0. The Hall–Kier alpha value is -1.33. The lowest BCUT2D eigenvalue weighted by atomic mass is 10.1. The highest BCUT2D eigenvalue weighted by molar-refractivity contribution is 5.85. The lowest BCUT2D eigenvalue weighted by Gasteiger charge is -2.18. The van der Waals surface area contributed by atoms with Gasteiger partial charge in [-0.25, -0.2) is 0 Å². The number of rotatable bonds is 1. The third-order valence-electron chi connectivity index (χ3n) is 2.62. The van der Waals surface area contributed by atoms with Crippen molar-refractivity contribution in [1.82, 2.24) is 5.32 Å². The van der Waals surface area contributed by atoms with Gasteiger partial charge in [0.1, 0.15) is 0 Å². The van der Waals surface area contributed by atoms with E-state index in [-0.39, 0.29) is 23.0 Å². The van der Waals surface area contributed by atoms with E-state index in [0.29, 0.717) is 6.54 Å². The Kier molecular flexibility index (Phi) is 4.09. The van der Waals surface area contributed by atoms with E-state index in [9.17, 15) is 10.1 Å². The maximum Gasteiger partial charge on any atom is 0.269 e. The van der Waals surface area contributed by atoms with Crippen LogP contribution in [0.3, 0.4) is 0 Å². The van der Waals surface area contributed by atoms with Gasteiger partial charge in [-0.1, -0.05) is 0 Å². The zero-order valence-electron chi connectivity index (χ0n) is 8.97. The van der Waals surface area contributed by atoms with Gasteiger partial charge in [-0.05, 0) is 11.6 Å². The summed E-state index contributed by atoms with van der Waals surface area (Å²) >= 11 is 0. The molecule has 0 aromatic heterocycles. The van der Waals surface area contributed by atoms with E-state index >= 15 is 0 Å². The molecule has 1 heterocycles. The molecule has 88 valence electrons. The van der Waals surface area contributed by atoms with E-state index in [2.05, 4.69) is 10.2 Å². The molecule has 5 nitrogen and oxygen atoms in total. The Morgan fingerprint density at radius 1 is 1.50 bits per heavy atom. The van der Waals surface area contributed by atoms with Crippen molar-refractivity contribution < 1.29 is 4.92 Å². The first kappa shape index (κ1) is 12.7. The van der Waals surface area contributed by atoms with Crippen LogP contribution in [-0.2, 0) is 6.54 Å². The van der Waals surface area contributed by atoms with Crippen molar-refractivity contribution in [3.63, 3.8) is 0 Å². The minimum Gasteiger partial charge on any atom is -0.373 e. The number of benzene rings is 1. The maximum atomic E-state index is 10.6. The minimum absolute atomic E-state index is 0. The predicted octanol–water partition coefficient (Wildman–Crippen LogP) is 1.56. The van der Waals surface area contributed by atoms with Gasteiger partial charge < -0.3 is 10.2 Å². The summed E-state index contributed by atoms with van der Waals surface area (Å²) < 4.78 is 0. The molecule has 0 fully saturated rings. The highest BCUT2D eigenvalue weighted by Gasteiger charge is 2.15. The molecule has 1 aromatic carbocycles. The molecule has 0 amide bonds. The van der Waals surface area contributed by atoms with Gasteiger partial charge in [0.2, 0.25) is 0 Å². The van der Waals surface area contributed by atoms with Crippen LogP contribution in [0, 0.1) is 10.1 Å². The first-order valence-corrected chi connectivity index (χ1v) is 4.87. The van der Waals surface area contributed by atoms with E-state index in [4.69, 9.17) is 0 Å². The molecule has 0 spiro atoms. The lowest BCUT2D eigenvalue weighted by molar-refractivity contribution is -0.384. The summed E-state index contributed by atoms with van der Waals surface area (Å²) in [5, 5.41) is 13.9. The van der Waals surface area contributed by atoms with Crippen molar-refractivity contribution in [3.8, 4) is 0 Å². The second-order valence-corrected chi connectivity index (χ2v) is 3.67. The number of fused-ring (bicyclic) bond motifs is 1. The van der Waals surface area contributed by atoms with Crippen molar-refractivity contribution >= 4 is 23.8 Å². The number of hydrogen-bond donors (Lipinski definition) is 1. The van der Waals surface area contributed by atoms with Gasteiger partial charge in [0.25, 0.3) is 5.69 Å². The van der Waals surface area contributed by atoms with Crippen molar-refractivity contribution in [3.05, 3.63) is 33.9 Å². The van der Waals surface area contributed by atoms with Crippen LogP contribution in [-0.4, -0.2) is 25.1 Å². The molecule has 1 aromatic rings. The first-order valence-electron chi connectivity index (χ1n) is 4.87. The van der Waals surface area contributed by atoms with Crippen LogP contribution >= 0.6 is 12.4 Å². The summed E-state index contributed by atoms with van der Waals surface area (Å²) in [6.07, 6.45) is 0. The summed E-state index contributed by atoms with van der Waals surface area (Å²) in [6.45, 7) is 2.52. The lowest BCUT2D eigenvalue weighted by Crippen LogP contribution is -2.24. The summed E-state index contributed by atoms with van der Waals surface area (Å²) in [5.41, 5.74) is 2.22. The number of likely N-dealkylation sites (N-methyl/N-ethyl adjacent to an activating group) is 1.